The van der Waals surface area contributed by atoms with Crippen molar-refractivity contribution in [3.05, 3.63) is 88.9 Å². The monoisotopic (exact) mass is 1280 g/mol. The molecule has 29 heteroatoms. The Morgan fingerprint density at radius 2 is 1.15 bits per heavy atom. The number of nitrogens with zero attached hydrogens (tertiary/aromatic N) is 1. The van der Waals surface area contributed by atoms with Gasteiger partial charge in [0.05, 0.1) is 29.1 Å². The van der Waals surface area contributed by atoms with E-state index in [1.54, 1.807) is 12.1 Å². The molecular formula is C56H77FN6O17S5. The lowest BCUT2D eigenvalue weighted by atomic mass is 9.93. The van der Waals surface area contributed by atoms with Crippen molar-refractivity contribution in [3.8, 4) is 11.1 Å². The Morgan fingerprint density at radius 1 is 0.576 bits per heavy atom. The third-order valence-corrected chi connectivity index (χ3v) is 13.2. The number of benzene rings is 3. The van der Waals surface area contributed by atoms with Gasteiger partial charge in [0.2, 0.25) is 17.7 Å². The molecule has 1 aromatic heterocycles. The van der Waals surface area contributed by atoms with E-state index >= 15 is 0 Å². The van der Waals surface area contributed by atoms with Gasteiger partial charge < -0.3 is 47.2 Å². The van der Waals surface area contributed by atoms with Gasteiger partial charge >= 0.3 is 29.8 Å². The Kier molecular flexibility index (Phi) is 38.3. The summed E-state index contributed by atoms with van der Waals surface area (Å²) in [6, 6.07) is 13.2. The molecule has 0 unspecified atom stereocenters. The molecule has 3 amide bonds. The summed E-state index contributed by atoms with van der Waals surface area (Å²) in [6.45, 7) is 2.05. The molecule has 11 N–H and O–H groups in total. The molecule has 0 aliphatic heterocycles. The average Bonchev–Trinajstić information content (AvgIpc) is 4.09. The number of carbonyl (C=O) groups is 12. The zero-order valence-electron chi connectivity index (χ0n) is 46.6. The maximum Gasteiger partial charge on any atom is 0.326 e. The number of hydrogen-bond acceptors (Lipinski definition) is 14. The summed E-state index contributed by atoms with van der Waals surface area (Å²) >= 11 is 0. The largest absolute Gasteiger partial charge is 0.481 e. The number of aromatic nitrogens is 2. The van der Waals surface area contributed by atoms with Crippen molar-refractivity contribution >= 4 is 149 Å². The summed E-state index contributed by atoms with van der Waals surface area (Å²) in [5.74, 6) is -14.7. The average molecular weight is 1290 g/mol. The molecule has 5 atom stereocenters. The number of aliphatic carboxylic acids is 5. The Labute approximate surface area is 524 Å². The maximum absolute atomic E-state index is 14.2. The standard InChI is InChI=1S/C56H67FN6O17.5H2S/c1-31-9-17-41(57)36(24-31)27-39(66)25-32-10-12-33(13-11-32)40-7-5-8-43-52(40)46(63-62-43)29-37(64)6-3-2-4-23-59-50(70)30-42(58)47(67)28-35(54(75)76)15-21-49(69)60-44(55(77)78)18-16-38(65)26-34(53(73)74)14-20-48(68)61-45(56(79)80)19-22-51(71)72;;;;;/h5,7-13,17,24,34-35,42,44-45H,2-4,6,14-16,18-23,25-30,58H2,1H3,(H,59,70)(H,60,69)(H,61,68)(H,62,63)(H,71,72)(H,73,74)(H,75,76)(H,77,78)(H,79,80);5*1H2/t34-,35-,42+,44+,45+;;;;;/m1...../s1. The van der Waals surface area contributed by atoms with Gasteiger partial charge in [0, 0.05) is 82.6 Å². The zero-order valence-corrected chi connectivity index (χ0v) is 51.6. The summed E-state index contributed by atoms with van der Waals surface area (Å²) in [7, 11) is 0. The van der Waals surface area contributed by atoms with Crippen LogP contribution in [0.1, 0.15) is 119 Å². The first-order chi connectivity index (χ1) is 37.9. The van der Waals surface area contributed by atoms with E-state index in [-0.39, 0.29) is 111 Å². The van der Waals surface area contributed by atoms with Crippen molar-refractivity contribution in [2.75, 3.05) is 6.54 Å². The summed E-state index contributed by atoms with van der Waals surface area (Å²) in [5.41, 5.74) is 11.0. The zero-order chi connectivity index (χ0) is 59.1. The van der Waals surface area contributed by atoms with Crippen LogP contribution in [0.5, 0.6) is 0 Å². The van der Waals surface area contributed by atoms with Gasteiger partial charge in [-0.25, -0.2) is 14.0 Å². The van der Waals surface area contributed by atoms with Crippen LogP contribution >= 0.6 is 67.5 Å². The number of carbonyl (C=O) groups excluding carboxylic acids is 7. The van der Waals surface area contributed by atoms with Gasteiger partial charge in [-0.15, -0.1) is 0 Å². The van der Waals surface area contributed by atoms with Gasteiger partial charge in [-0.2, -0.15) is 72.6 Å². The number of hydrogen-bond donors (Lipinski definition) is 10. The molecule has 85 heavy (non-hydrogen) atoms. The van der Waals surface area contributed by atoms with Crippen LogP contribution in [0.3, 0.4) is 0 Å². The lowest BCUT2D eigenvalue weighted by molar-refractivity contribution is -0.145. The number of aromatic amines is 1. The predicted molar refractivity (Wildman–Crippen MR) is 335 cm³/mol. The molecule has 4 rings (SSSR count). The second-order valence-electron chi connectivity index (χ2n) is 19.7. The molecule has 0 fully saturated rings. The van der Waals surface area contributed by atoms with Crippen molar-refractivity contribution in [2.45, 2.75) is 141 Å². The topological polar surface area (TPSA) is 397 Å². The fourth-order valence-corrected chi connectivity index (χ4v) is 8.80. The summed E-state index contributed by atoms with van der Waals surface area (Å²) in [5, 5.41) is 62.1. The van der Waals surface area contributed by atoms with E-state index in [0.717, 1.165) is 27.6 Å². The molecule has 3 aromatic carbocycles. The third kappa shape index (κ3) is 28.3. The molecule has 1 heterocycles. The van der Waals surface area contributed by atoms with E-state index in [9.17, 15) is 82.4 Å². The quantitative estimate of drug-likeness (QED) is 0.0270. The number of amides is 3. The summed E-state index contributed by atoms with van der Waals surface area (Å²) < 4.78 is 14.2. The number of unbranched alkanes of at least 4 members (excludes halogenated alkanes) is 2. The van der Waals surface area contributed by atoms with Crippen LogP contribution in [0.2, 0.25) is 0 Å². The number of carboxylic acid groups (broad SMARTS) is 5. The Balaban J connectivity index is 0. The minimum absolute atomic E-state index is 0. The first-order valence-electron chi connectivity index (χ1n) is 26.0. The number of H-pyrrole nitrogens is 1. The fourth-order valence-electron chi connectivity index (χ4n) is 8.80. The highest BCUT2D eigenvalue weighted by molar-refractivity contribution is 7.60. The first kappa shape index (κ1) is 80.3. The molecule has 0 radical (unpaired) electrons. The number of rotatable bonds is 38. The van der Waals surface area contributed by atoms with Crippen molar-refractivity contribution < 1.29 is 87.5 Å². The van der Waals surface area contributed by atoms with Crippen LogP contribution in [0.25, 0.3) is 22.0 Å². The van der Waals surface area contributed by atoms with E-state index in [1.807, 2.05) is 49.4 Å². The first-order valence-corrected chi connectivity index (χ1v) is 26.0. The molecule has 470 valence electrons. The lowest BCUT2D eigenvalue weighted by Crippen LogP contribution is -2.41. The van der Waals surface area contributed by atoms with Crippen LogP contribution < -0.4 is 21.7 Å². The van der Waals surface area contributed by atoms with E-state index in [0.29, 0.717) is 36.0 Å². The highest BCUT2D eigenvalue weighted by Gasteiger charge is 2.30. The van der Waals surface area contributed by atoms with Crippen molar-refractivity contribution in [3.63, 3.8) is 0 Å². The van der Waals surface area contributed by atoms with Crippen molar-refractivity contribution in [2.24, 2.45) is 17.6 Å². The second-order valence-corrected chi connectivity index (χ2v) is 19.7. The Morgan fingerprint density at radius 3 is 1.72 bits per heavy atom. The molecule has 0 aliphatic rings. The van der Waals surface area contributed by atoms with Crippen LogP contribution in [0, 0.1) is 24.6 Å². The number of nitrogens with one attached hydrogen (secondary N) is 4. The summed E-state index contributed by atoms with van der Waals surface area (Å²) in [4.78, 5) is 147. The minimum Gasteiger partial charge on any atom is -0.481 e. The van der Waals surface area contributed by atoms with E-state index < -0.39 is 166 Å². The van der Waals surface area contributed by atoms with Crippen molar-refractivity contribution in [1.82, 2.24) is 26.1 Å². The van der Waals surface area contributed by atoms with E-state index in [4.69, 9.17) is 10.8 Å². The highest BCUT2D eigenvalue weighted by Crippen LogP contribution is 2.31. The number of ketones is 4. The fraction of sp³-hybridized carbons (Fsp3) is 0.446. The highest BCUT2D eigenvalue weighted by atomic mass is 32.1. The SMILES string of the molecule is Cc1ccc(F)c(CC(=O)Cc2ccc(-c3cccc4n[nH]c(CC(=O)CCCCCNC(=O)C[C@H](N)C(=O)C[C@@H](CCC(=O)N[C@@H](CCC(=O)C[C@@H](CCC(=O)N[C@@H](CCC(=O)O)C(=O)O)C(=O)O)C(=O)O)C(=O)O)c34)cc2)c1.S.S.S.S.S. The molecule has 4 aromatic rings. The molecule has 0 saturated carbocycles. The van der Waals surface area contributed by atoms with Gasteiger partial charge in [0.25, 0.3) is 0 Å². The number of carboxylic acids is 5. The van der Waals surface area contributed by atoms with Crippen LogP contribution in [-0.2, 0) is 76.8 Å². The molecule has 23 nitrogen and oxygen atoms in total. The number of fused-ring (bicyclic) bond motifs is 1. The van der Waals surface area contributed by atoms with E-state index in [1.165, 1.54) is 6.07 Å². The van der Waals surface area contributed by atoms with Gasteiger partial charge in [-0.1, -0.05) is 60.5 Å². The van der Waals surface area contributed by atoms with Crippen LogP contribution in [0.4, 0.5) is 4.39 Å². The Bertz CT molecular complexity index is 2950. The van der Waals surface area contributed by atoms with Gasteiger partial charge in [-0.3, -0.25) is 53.0 Å². The normalized spacial score (nSPS) is 12.2. The minimum atomic E-state index is -1.65. The molecular weight excluding hydrogens is 1210 g/mol. The molecule has 0 spiro atoms. The van der Waals surface area contributed by atoms with Gasteiger partial charge in [0.15, 0.2) is 5.78 Å². The molecule has 0 saturated heterocycles. The smallest absolute Gasteiger partial charge is 0.326 e. The number of Topliss-reactive ketones (excluding diaryl/α,β-unsaturated/α-hetero) is 4. The van der Waals surface area contributed by atoms with Crippen LogP contribution in [0.15, 0.2) is 60.7 Å². The Hall–Kier alpha value is -6.79. The maximum atomic E-state index is 14.2. The van der Waals surface area contributed by atoms with Gasteiger partial charge in [-0.05, 0) is 79.8 Å². The van der Waals surface area contributed by atoms with Gasteiger partial charge in [0.1, 0.15) is 35.3 Å². The predicted octanol–water partition coefficient (Wildman–Crippen LogP) is 4.77. The third-order valence-electron chi connectivity index (χ3n) is 13.2. The summed E-state index contributed by atoms with van der Waals surface area (Å²) in [6.07, 6.45) is -3.60. The second kappa shape index (κ2) is 40.5. The number of halogens is 1. The molecule has 0 aliphatic carbocycles. The lowest BCUT2D eigenvalue weighted by Gasteiger charge is -2.17. The van der Waals surface area contributed by atoms with Crippen LogP contribution in [-0.4, -0.2) is 131 Å². The van der Waals surface area contributed by atoms with E-state index in [2.05, 4.69) is 26.1 Å². The number of aryl methyl sites for hydroxylation is 1. The molecule has 0 bridgehead atoms. The van der Waals surface area contributed by atoms with Crippen molar-refractivity contribution in [1.29, 1.82) is 0 Å². The number of nitrogens with two attached hydrogens (primary N) is 1.